The molecule has 0 saturated carbocycles. The molecule has 0 aliphatic rings. The number of carbonyl (C=O) groups excluding carboxylic acids is 1. The number of esters is 1. The van der Waals surface area contributed by atoms with Crippen LogP contribution in [-0.2, 0) is 16.1 Å². The highest BCUT2D eigenvalue weighted by atomic mass is 16.6. The molecule has 0 spiro atoms. The Kier molecular flexibility index (Phi) is 6.60. The van der Waals surface area contributed by atoms with E-state index < -0.39 is 5.97 Å². The van der Waals surface area contributed by atoms with Crippen LogP contribution in [0.1, 0.15) is 5.56 Å². The summed E-state index contributed by atoms with van der Waals surface area (Å²) in [5.41, 5.74) is 4.89. The fourth-order valence-electron chi connectivity index (χ4n) is 2.83. The number of benzene rings is 3. The molecular formula is C24H22O4. The van der Waals surface area contributed by atoms with Crippen molar-refractivity contribution in [3.63, 3.8) is 0 Å². The average molecular weight is 374 g/mol. The molecule has 4 heteroatoms. The predicted octanol–water partition coefficient (Wildman–Crippen LogP) is 4.62. The van der Waals surface area contributed by atoms with Gasteiger partial charge in [0.2, 0.25) is 0 Å². The van der Waals surface area contributed by atoms with E-state index in [2.05, 4.69) is 12.6 Å². The van der Waals surface area contributed by atoms with Crippen LogP contribution < -0.4 is 4.74 Å². The SMILES string of the molecule is C=CC(=O)OCCOc1cc(-c2ccccc2)ccc1-c1ccc(CO)cc1. The maximum atomic E-state index is 11.2. The smallest absolute Gasteiger partial charge is 0.330 e. The molecule has 3 aromatic carbocycles. The van der Waals surface area contributed by atoms with Gasteiger partial charge in [-0.2, -0.15) is 0 Å². The maximum absolute atomic E-state index is 11.2. The van der Waals surface area contributed by atoms with Gasteiger partial charge in [0.1, 0.15) is 19.0 Å². The molecule has 0 atom stereocenters. The van der Waals surface area contributed by atoms with Crippen molar-refractivity contribution in [2.24, 2.45) is 0 Å². The number of carbonyl (C=O) groups is 1. The minimum absolute atomic E-state index is 0.00521. The third-order valence-electron chi connectivity index (χ3n) is 4.29. The molecule has 4 nitrogen and oxygen atoms in total. The zero-order valence-corrected chi connectivity index (χ0v) is 15.5. The van der Waals surface area contributed by atoms with Crippen LogP contribution in [0.4, 0.5) is 0 Å². The highest BCUT2D eigenvalue weighted by Gasteiger charge is 2.10. The number of rotatable bonds is 8. The third-order valence-corrected chi connectivity index (χ3v) is 4.29. The molecule has 0 aliphatic carbocycles. The van der Waals surface area contributed by atoms with Crippen molar-refractivity contribution in [3.8, 4) is 28.0 Å². The Balaban J connectivity index is 1.88. The van der Waals surface area contributed by atoms with Crippen LogP contribution >= 0.6 is 0 Å². The highest BCUT2D eigenvalue weighted by molar-refractivity contribution is 5.81. The first-order valence-electron chi connectivity index (χ1n) is 9.03. The van der Waals surface area contributed by atoms with Crippen molar-refractivity contribution in [1.29, 1.82) is 0 Å². The molecule has 0 fully saturated rings. The second-order valence-electron chi connectivity index (χ2n) is 6.15. The standard InChI is InChI=1S/C24H22O4/c1-2-24(26)28-15-14-27-23-16-21(19-6-4-3-5-7-19)12-13-22(23)20-10-8-18(17-25)9-11-20/h2-13,16,25H,1,14-15,17H2. The topological polar surface area (TPSA) is 55.8 Å². The van der Waals surface area contributed by atoms with Crippen molar-refractivity contribution in [1.82, 2.24) is 0 Å². The Morgan fingerprint density at radius 2 is 1.61 bits per heavy atom. The molecular weight excluding hydrogens is 352 g/mol. The summed E-state index contributed by atoms with van der Waals surface area (Å²) in [6, 6.07) is 23.8. The Morgan fingerprint density at radius 1 is 0.893 bits per heavy atom. The molecule has 0 unspecified atom stereocenters. The molecule has 1 N–H and O–H groups in total. The van der Waals surface area contributed by atoms with Gasteiger partial charge in [-0.05, 0) is 28.3 Å². The van der Waals surface area contributed by atoms with Crippen molar-refractivity contribution >= 4 is 5.97 Å². The van der Waals surface area contributed by atoms with Gasteiger partial charge in [-0.3, -0.25) is 0 Å². The van der Waals surface area contributed by atoms with Crippen molar-refractivity contribution in [2.45, 2.75) is 6.61 Å². The summed E-state index contributed by atoms with van der Waals surface area (Å²) in [4.78, 5) is 11.2. The summed E-state index contributed by atoms with van der Waals surface area (Å²) in [6.45, 7) is 3.76. The maximum Gasteiger partial charge on any atom is 0.330 e. The first kappa shape index (κ1) is 19.4. The number of aliphatic hydroxyl groups is 1. The van der Waals surface area contributed by atoms with Gasteiger partial charge in [-0.25, -0.2) is 4.79 Å². The molecule has 0 saturated heterocycles. The van der Waals surface area contributed by atoms with Crippen LogP contribution in [-0.4, -0.2) is 24.3 Å². The van der Waals surface area contributed by atoms with Crippen molar-refractivity contribution < 1.29 is 19.4 Å². The highest BCUT2D eigenvalue weighted by Crippen LogP contribution is 2.34. The Bertz CT molecular complexity index is 931. The second kappa shape index (κ2) is 9.53. The minimum Gasteiger partial charge on any atom is -0.489 e. The van der Waals surface area contributed by atoms with Crippen LogP contribution in [0.3, 0.4) is 0 Å². The lowest BCUT2D eigenvalue weighted by Crippen LogP contribution is -2.10. The Labute approximate surface area is 164 Å². The molecule has 0 aliphatic heterocycles. The summed E-state index contributed by atoms with van der Waals surface area (Å²) in [6.07, 6.45) is 1.13. The molecule has 0 heterocycles. The summed E-state index contributed by atoms with van der Waals surface area (Å²) in [5.74, 6) is 0.231. The zero-order valence-electron chi connectivity index (χ0n) is 15.5. The van der Waals surface area contributed by atoms with Gasteiger partial charge in [0.25, 0.3) is 0 Å². The summed E-state index contributed by atoms with van der Waals surface area (Å²) in [5, 5.41) is 9.25. The van der Waals surface area contributed by atoms with E-state index in [0.29, 0.717) is 5.75 Å². The monoisotopic (exact) mass is 374 g/mol. The molecule has 3 rings (SSSR count). The van der Waals surface area contributed by atoms with Gasteiger partial charge in [0, 0.05) is 11.6 Å². The van der Waals surface area contributed by atoms with Gasteiger partial charge < -0.3 is 14.6 Å². The lowest BCUT2D eigenvalue weighted by Gasteiger charge is -2.14. The molecule has 0 radical (unpaired) electrons. The predicted molar refractivity (Wildman–Crippen MR) is 110 cm³/mol. The van der Waals surface area contributed by atoms with E-state index in [1.807, 2.05) is 66.7 Å². The van der Waals surface area contributed by atoms with Gasteiger partial charge in [-0.1, -0.05) is 73.3 Å². The normalized spacial score (nSPS) is 10.3. The number of aliphatic hydroxyl groups excluding tert-OH is 1. The van der Waals surface area contributed by atoms with Gasteiger partial charge >= 0.3 is 5.97 Å². The molecule has 0 bridgehead atoms. The average Bonchev–Trinajstić information content (AvgIpc) is 2.77. The molecule has 0 aromatic heterocycles. The molecule has 0 amide bonds. The fraction of sp³-hybridized carbons (Fsp3) is 0.125. The molecule has 3 aromatic rings. The van der Waals surface area contributed by atoms with Crippen LogP contribution in [0.15, 0.2) is 85.5 Å². The quantitative estimate of drug-likeness (QED) is 0.355. The molecule has 142 valence electrons. The summed E-state index contributed by atoms with van der Waals surface area (Å²) in [7, 11) is 0. The fourth-order valence-corrected chi connectivity index (χ4v) is 2.83. The molecule has 28 heavy (non-hydrogen) atoms. The minimum atomic E-state index is -0.471. The van der Waals surface area contributed by atoms with E-state index in [-0.39, 0.29) is 19.8 Å². The van der Waals surface area contributed by atoms with E-state index in [1.165, 1.54) is 0 Å². The van der Waals surface area contributed by atoms with Crippen molar-refractivity contribution in [2.75, 3.05) is 13.2 Å². The number of ether oxygens (including phenoxy) is 2. The number of hydrogen-bond acceptors (Lipinski definition) is 4. The van der Waals surface area contributed by atoms with Gasteiger partial charge in [0.15, 0.2) is 0 Å². The first-order chi connectivity index (χ1) is 13.7. The summed E-state index contributed by atoms with van der Waals surface area (Å²) < 4.78 is 10.9. The van der Waals surface area contributed by atoms with E-state index in [1.54, 1.807) is 0 Å². The van der Waals surface area contributed by atoms with Crippen molar-refractivity contribution in [3.05, 3.63) is 91.0 Å². The van der Waals surface area contributed by atoms with Crippen LogP contribution in [0.2, 0.25) is 0 Å². The van der Waals surface area contributed by atoms with Crippen LogP contribution in [0.5, 0.6) is 5.75 Å². The van der Waals surface area contributed by atoms with Crippen LogP contribution in [0.25, 0.3) is 22.3 Å². The van der Waals surface area contributed by atoms with Gasteiger partial charge in [-0.15, -0.1) is 0 Å². The van der Waals surface area contributed by atoms with E-state index in [4.69, 9.17) is 9.47 Å². The second-order valence-corrected chi connectivity index (χ2v) is 6.15. The largest absolute Gasteiger partial charge is 0.489 e. The zero-order chi connectivity index (χ0) is 19.8. The first-order valence-corrected chi connectivity index (χ1v) is 9.03. The van der Waals surface area contributed by atoms with E-state index in [9.17, 15) is 9.90 Å². The van der Waals surface area contributed by atoms with Crippen LogP contribution in [0, 0.1) is 0 Å². The Hall–Kier alpha value is -3.37. The lowest BCUT2D eigenvalue weighted by molar-refractivity contribution is -0.138. The lowest BCUT2D eigenvalue weighted by atomic mass is 9.98. The van der Waals surface area contributed by atoms with Gasteiger partial charge in [0.05, 0.1) is 6.61 Å². The van der Waals surface area contributed by atoms with E-state index >= 15 is 0 Å². The van der Waals surface area contributed by atoms with E-state index in [0.717, 1.165) is 33.9 Å². The summed E-state index contributed by atoms with van der Waals surface area (Å²) >= 11 is 0. The Morgan fingerprint density at radius 3 is 2.29 bits per heavy atom. The number of hydrogen-bond donors (Lipinski definition) is 1. The third kappa shape index (κ3) is 4.87.